The van der Waals surface area contributed by atoms with Gasteiger partial charge in [0.05, 0.1) is 16.3 Å². The van der Waals surface area contributed by atoms with Gasteiger partial charge in [0.1, 0.15) is 12.4 Å². The average Bonchev–Trinajstić information content (AvgIpc) is 3.30. The normalized spacial score (nSPS) is 16.0. The lowest BCUT2D eigenvalue weighted by Crippen LogP contribution is -2.38. The van der Waals surface area contributed by atoms with Crippen molar-refractivity contribution in [2.24, 2.45) is 4.99 Å². The maximum absolute atomic E-state index is 14.0. The highest BCUT2D eigenvalue weighted by Gasteiger charge is 2.32. The van der Waals surface area contributed by atoms with Crippen LogP contribution in [-0.2, 0) is 13.0 Å². The maximum atomic E-state index is 14.0. The quantitative estimate of drug-likeness (QED) is 0.202. The predicted octanol–water partition coefficient (Wildman–Crippen LogP) is 7.31. The lowest BCUT2D eigenvalue weighted by atomic mass is 9.83. The molecule has 0 spiro atoms. The van der Waals surface area contributed by atoms with E-state index in [4.69, 9.17) is 21.3 Å². The van der Waals surface area contributed by atoms with Gasteiger partial charge in [0.2, 0.25) is 0 Å². The number of benzene rings is 4. The standard InChI is InChI=1S/C34H24BrClN2O2S/c35-25-13-8-21(9-14-25)20-40-27-6-3-4-22(18-27)19-30-33(39)38-32(24-10-15-26(36)16-11-24)29-17-12-23-5-1-2-7-28(23)31(29)37-34(38)41-30/h1-11,13-16,18-19,32H,12,17,20H2/b30-19-/t32-/m1/s1. The van der Waals surface area contributed by atoms with Gasteiger partial charge in [0.15, 0.2) is 4.80 Å². The van der Waals surface area contributed by atoms with E-state index in [-0.39, 0.29) is 11.6 Å². The summed E-state index contributed by atoms with van der Waals surface area (Å²) in [5.41, 5.74) is 7.59. The molecular weight excluding hydrogens is 616 g/mol. The molecule has 0 N–H and O–H groups in total. The third kappa shape index (κ3) is 5.12. The van der Waals surface area contributed by atoms with Crippen molar-refractivity contribution in [1.29, 1.82) is 0 Å². The molecule has 41 heavy (non-hydrogen) atoms. The molecule has 1 aliphatic heterocycles. The molecule has 0 unspecified atom stereocenters. The zero-order valence-corrected chi connectivity index (χ0v) is 25.0. The number of hydrogen-bond donors (Lipinski definition) is 0. The summed E-state index contributed by atoms with van der Waals surface area (Å²) in [5.74, 6) is 0.751. The fourth-order valence-corrected chi connectivity index (χ4v) is 6.95. The lowest BCUT2D eigenvalue weighted by molar-refractivity contribution is 0.306. The molecule has 1 atom stereocenters. The van der Waals surface area contributed by atoms with E-state index in [1.807, 2.05) is 83.4 Å². The number of fused-ring (bicyclic) bond motifs is 3. The second-order valence-electron chi connectivity index (χ2n) is 10.2. The van der Waals surface area contributed by atoms with Crippen LogP contribution in [0.15, 0.2) is 117 Å². The Bertz CT molecular complexity index is 1990. The number of ether oxygens (including phenoxy) is 1. The van der Waals surface area contributed by atoms with E-state index < -0.39 is 0 Å². The predicted molar refractivity (Wildman–Crippen MR) is 169 cm³/mol. The highest BCUT2D eigenvalue weighted by Crippen LogP contribution is 2.41. The second-order valence-corrected chi connectivity index (χ2v) is 12.5. The van der Waals surface area contributed by atoms with Crippen molar-refractivity contribution in [1.82, 2.24) is 4.57 Å². The average molecular weight is 640 g/mol. The minimum atomic E-state index is -0.227. The summed E-state index contributed by atoms with van der Waals surface area (Å²) < 4.78 is 9.59. The molecule has 1 aromatic heterocycles. The first-order valence-corrected chi connectivity index (χ1v) is 15.4. The van der Waals surface area contributed by atoms with E-state index in [0.717, 1.165) is 51.0 Å². The zero-order chi connectivity index (χ0) is 27.9. The largest absolute Gasteiger partial charge is 0.489 e. The van der Waals surface area contributed by atoms with Crippen molar-refractivity contribution in [2.45, 2.75) is 25.5 Å². The number of aromatic nitrogens is 1. The van der Waals surface area contributed by atoms with Crippen molar-refractivity contribution >= 4 is 50.6 Å². The molecule has 1 aliphatic carbocycles. The second kappa shape index (κ2) is 10.9. The number of thiazole rings is 1. The fraction of sp³-hybridized carbons (Fsp3) is 0.118. The first-order valence-electron chi connectivity index (χ1n) is 13.4. The Kier molecular flexibility index (Phi) is 6.99. The molecule has 2 aliphatic rings. The monoisotopic (exact) mass is 638 g/mol. The Morgan fingerprint density at radius 2 is 1.78 bits per heavy atom. The minimum absolute atomic E-state index is 0.0414. The van der Waals surface area contributed by atoms with Crippen LogP contribution in [0.25, 0.3) is 11.8 Å². The van der Waals surface area contributed by atoms with Crippen LogP contribution >= 0.6 is 38.9 Å². The molecule has 0 radical (unpaired) electrons. The van der Waals surface area contributed by atoms with Crippen molar-refractivity contribution < 1.29 is 4.74 Å². The number of hydrogen-bond acceptors (Lipinski definition) is 4. The summed E-state index contributed by atoms with van der Waals surface area (Å²) in [7, 11) is 0. The van der Waals surface area contributed by atoms with E-state index in [1.165, 1.54) is 22.5 Å². The molecule has 0 saturated heterocycles. The molecule has 0 bridgehead atoms. The van der Waals surface area contributed by atoms with Crippen LogP contribution in [0.3, 0.4) is 0 Å². The Morgan fingerprint density at radius 3 is 2.61 bits per heavy atom. The van der Waals surface area contributed by atoms with E-state index in [9.17, 15) is 4.79 Å². The number of aryl methyl sites for hydroxylation is 1. The highest BCUT2D eigenvalue weighted by molar-refractivity contribution is 9.10. The van der Waals surface area contributed by atoms with Gasteiger partial charge in [-0.15, -0.1) is 0 Å². The van der Waals surface area contributed by atoms with Crippen LogP contribution in [0.2, 0.25) is 5.02 Å². The zero-order valence-electron chi connectivity index (χ0n) is 21.9. The summed E-state index contributed by atoms with van der Waals surface area (Å²) in [4.78, 5) is 19.8. The third-order valence-corrected chi connectivity index (χ3v) is 9.30. The van der Waals surface area contributed by atoms with Crippen LogP contribution in [0.5, 0.6) is 5.75 Å². The van der Waals surface area contributed by atoms with E-state index >= 15 is 0 Å². The molecular formula is C34H24BrClN2O2S. The molecule has 7 heteroatoms. The van der Waals surface area contributed by atoms with Crippen LogP contribution in [-0.4, -0.2) is 4.57 Å². The molecule has 4 nitrogen and oxygen atoms in total. The van der Waals surface area contributed by atoms with Crippen molar-refractivity contribution in [3.63, 3.8) is 0 Å². The molecule has 202 valence electrons. The molecule has 5 aromatic rings. The van der Waals surface area contributed by atoms with Gasteiger partial charge in [-0.05, 0) is 83.1 Å². The van der Waals surface area contributed by atoms with Gasteiger partial charge < -0.3 is 4.74 Å². The molecule has 4 aromatic carbocycles. The highest BCUT2D eigenvalue weighted by atomic mass is 79.9. The van der Waals surface area contributed by atoms with Crippen LogP contribution in [0, 0.1) is 0 Å². The molecule has 0 amide bonds. The van der Waals surface area contributed by atoms with Crippen molar-refractivity contribution in [2.75, 3.05) is 0 Å². The van der Waals surface area contributed by atoms with Gasteiger partial charge in [-0.1, -0.05) is 99.5 Å². The Morgan fingerprint density at radius 1 is 0.976 bits per heavy atom. The number of allylic oxidation sites excluding steroid dienone is 1. The molecule has 7 rings (SSSR count). The van der Waals surface area contributed by atoms with Gasteiger partial charge in [-0.25, -0.2) is 4.99 Å². The van der Waals surface area contributed by atoms with Gasteiger partial charge in [0.25, 0.3) is 5.56 Å². The van der Waals surface area contributed by atoms with Crippen LogP contribution in [0.4, 0.5) is 0 Å². The van der Waals surface area contributed by atoms with E-state index in [2.05, 4.69) is 40.2 Å². The summed E-state index contributed by atoms with van der Waals surface area (Å²) in [6, 6.07) is 32.0. The topological polar surface area (TPSA) is 43.6 Å². The molecule has 0 fully saturated rings. The van der Waals surface area contributed by atoms with Gasteiger partial charge in [-0.2, -0.15) is 0 Å². The first kappa shape index (κ1) is 26.2. The maximum Gasteiger partial charge on any atom is 0.271 e. The van der Waals surface area contributed by atoms with E-state index in [1.54, 1.807) is 0 Å². The minimum Gasteiger partial charge on any atom is -0.489 e. The van der Waals surface area contributed by atoms with Crippen molar-refractivity contribution in [3.8, 4) is 5.75 Å². The van der Waals surface area contributed by atoms with Gasteiger partial charge in [0, 0.05) is 15.1 Å². The van der Waals surface area contributed by atoms with Crippen molar-refractivity contribution in [3.05, 3.63) is 160 Å². The van der Waals surface area contributed by atoms with Gasteiger partial charge >= 0.3 is 0 Å². The number of halogens is 2. The van der Waals surface area contributed by atoms with Crippen LogP contribution in [0.1, 0.15) is 40.3 Å². The Balaban J connectivity index is 1.30. The smallest absolute Gasteiger partial charge is 0.271 e. The van der Waals surface area contributed by atoms with Gasteiger partial charge in [-0.3, -0.25) is 9.36 Å². The summed E-state index contributed by atoms with van der Waals surface area (Å²) in [5, 5.41) is 0.673. The summed E-state index contributed by atoms with van der Waals surface area (Å²) in [6.45, 7) is 0.465. The Hall–Kier alpha value is -3.71. The fourth-order valence-electron chi connectivity index (χ4n) is 5.56. The molecule has 2 heterocycles. The Labute approximate surface area is 254 Å². The lowest BCUT2D eigenvalue weighted by Gasteiger charge is -2.30. The van der Waals surface area contributed by atoms with Crippen LogP contribution < -0.4 is 19.6 Å². The SMILES string of the molecule is O=c1/c(=C/c2cccc(OCc3ccc(Br)cc3)c2)sc2n1[C@H](c1ccc(Cl)cc1)C1=C(N=2)c2ccccc2CC1. The number of rotatable bonds is 5. The third-order valence-electron chi connectivity index (χ3n) is 7.53. The van der Waals surface area contributed by atoms with E-state index in [0.29, 0.717) is 21.0 Å². The first-order chi connectivity index (χ1) is 20.0. The summed E-state index contributed by atoms with van der Waals surface area (Å²) in [6.07, 6.45) is 3.71. The summed E-state index contributed by atoms with van der Waals surface area (Å²) >= 11 is 11.1. The number of nitrogens with zero attached hydrogens (tertiary/aromatic N) is 2. The molecule has 0 saturated carbocycles.